The van der Waals surface area contributed by atoms with Crippen molar-refractivity contribution >= 4 is 31.9 Å². The molecule has 0 aromatic heterocycles. The number of rotatable bonds is 1. The van der Waals surface area contributed by atoms with Gasteiger partial charge in [-0.05, 0) is 33.6 Å². The van der Waals surface area contributed by atoms with Crippen molar-refractivity contribution in [1.82, 2.24) is 0 Å². The first-order valence-corrected chi connectivity index (χ1v) is 4.94. The third-order valence-corrected chi connectivity index (χ3v) is 2.61. The standard InChI is InChI=1S/C8H5Br2N/c9-4-6-1-2-7(5-11)8(10)3-6/h1-3H,4H2. The van der Waals surface area contributed by atoms with Gasteiger partial charge in [0.05, 0.1) is 5.56 Å². The molecule has 0 spiro atoms. The van der Waals surface area contributed by atoms with Crippen LogP contribution in [0.3, 0.4) is 0 Å². The van der Waals surface area contributed by atoms with E-state index >= 15 is 0 Å². The Morgan fingerprint density at radius 3 is 2.64 bits per heavy atom. The number of alkyl halides is 1. The van der Waals surface area contributed by atoms with Crippen LogP contribution >= 0.6 is 31.9 Å². The first kappa shape index (κ1) is 8.76. The Kier molecular flexibility index (Phi) is 3.10. The van der Waals surface area contributed by atoms with E-state index in [9.17, 15) is 0 Å². The molecule has 0 heterocycles. The van der Waals surface area contributed by atoms with Gasteiger partial charge in [-0.15, -0.1) is 0 Å². The maximum Gasteiger partial charge on any atom is 0.100 e. The molecule has 1 aromatic carbocycles. The van der Waals surface area contributed by atoms with Gasteiger partial charge in [0, 0.05) is 9.80 Å². The van der Waals surface area contributed by atoms with Crippen molar-refractivity contribution in [3.63, 3.8) is 0 Å². The fraction of sp³-hybridized carbons (Fsp3) is 0.125. The molecule has 0 saturated carbocycles. The van der Waals surface area contributed by atoms with Crippen molar-refractivity contribution in [2.45, 2.75) is 5.33 Å². The van der Waals surface area contributed by atoms with Crippen molar-refractivity contribution in [3.8, 4) is 6.07 Å². The summed E-state index contributed by atoms with van der Waals surface area (Å²) in [4.78, 5) is 0. The molecular formula is C8H5Br2N. The second kappa shape index (κ2) is 3.89. The van der Waals surface area contributed by atoms with Gasteiger partial charge < -0.3 is 0 Å². The zero-order chi connectivity index (χ0) is 8.27. The fourth-order valence-electron chi connectivity index (χ4n) is 0.732. The zero-order valence-corrected chi connectivity index (χ0v) is 8.81. The van der Waals surface area contributed by atoms with Gasteiger partial charge in [0.25, 0.3) is 0 Å². The second-order valence-electron chi connectivity index (χ2n) is 2.06. The highest BCUT2D eigenvalue weighted by Crippen LogP contribution is 2.18. The summed E-state index contributed by atoms with van der Waals surface area (Å²) in [5.41, 5.74) is 1.84. The predicted octanol–water partition coefficient (Wildman–Crippen LogP) is 3.22. The van der Waals surface area contributed by atoms with E-state index in [4.69, 9.17) is 5.26 Å². The Morgan fingerprint density at radius 2 is 2.18 bits per heavy atom. The van der Waals surface area contributed by atoms with E-state index in [0.717, 1.165) is 15.4 Å². The molecule has 1 nitrogen and oxygen atoms in total. The molecule has 0 saturated heterocycles. The fourth-order valence-corrected chi connectivity index (χ4v) is 1.60. The third-order valence-electron chi connectivity index (χ3n) is 1.31. The van der Waals surface area contributed by atoms with Crippen LogP contribution in [0, 0.1) is 11.3 Å². The minimum atomic E-state index is 0.676. The number of nitrogens with zero attached hydrogens (tertiary/aromatic N) is 1. The van der Waals surface area contributed by atoms with Gasteiger partial charge in [-0.3, -0.25) is 0 Å². The molecule has 56 valence electrons. The maximum atomic E-state index is 8.59. The zero-order valence-electron chi connectivity index (χ0n) is 5.64. The Hall–Kier alpha value is -0.330. The number of hydrogen-bond acceptors (Lipinski definition) is 1. The molecule has 0 unspecified atom stereocenters. The van der Waals surface area contributed by atoms with E-state index < -0.39 is 0 Å². The monoisotopic (exact) mass is 273 g/mol. The molecule has 3 heteroatoms. The Balaban J connectivity index is 3.12. The van der Waals surface area contributed by atoms with Crippen molar-refractivity contribution in [2.24, 2.45) is 0 Å². The van der Waals surface area contributed by atoms with Crippen LogP contribution in [0.25, 0.3) is 0 Å². The van der Waals surface area contributed by atoms with Crippen molar-refractivity contribution in [3.05, 3.63) is 33.8 Å². The molecule has 0 bridgehead atoms. The SMILES string of the molecule is N#Cc1ccc(CBr)cc1Br. The van der Waals surface area contributed by atoms with E-state index in [1.54, 1.807) is 6.07 Å². The number of halogens is 2. The molecule has 0 fully saturated rings. The first-order valence-electron chi connectivity index (χ1n) is 3.02. The summed E-state index contributed by atoms with van der Waals surface area (Å²) >= 11 is 6.64. The van der Waals surface area contributed by atoms with Crippen LogP contribution in [0.2, 0.25) is 0 Å². The summed E-state index contributed by atoms with van der Waals surface area (Å²) in [6, 6.07) is 7.76. The summed E-state index contributed by atoms with van der Waals surface area (Å²) in [7, 11) is 0. The van der Waals surface area contributed by atoms with Gasteiger partial charge in [0.1, 0.15) is 6.07 Å². The lowest BCUT2D eigenvalue weighted by Gasteiger charge is -1.97. The van der Waals surface area contributed by atoms with Crippen LogP contribution in [-0.4, -0.2) is 0 Å². The molecule has 1 aromatic rings. The van der Waals surface area contributed by atoms with Gasteiger partial charge in [-0.25, -0.2) is 0 Å². The van der Waals surface area contributed by atoms with Gasteiger partial charge in [-0.2, -0.15) is 5.26 Å². The van der Waals surface area contributed by atoms with Crippen molar-refractivity contribution in [1.29, 1.82) is 5.26 Å². The summed E-state index contributed by atoms with van der Waals surface area (Å²) in [5, 5.41) is 9.41. The minimum absolute atomic E-state index is 0.676. The first-order chi connectivity index (χ1) is 5.27. The number of nitriles is 1. The summed E-state index contributed by atoms with van der Waals surface area (Å²) in [6.45, 7) is 0. The maximum absolute atomic E-state index is 8.59. The van der Waals surface area contributed by atoms with Gasteiger partial charge in [-0.1, -0.05) is 22.0 Å². The van der Waals surface area contributed by atoms with E-state index in [0.29, 0.717) is 5.56 Å². The molecule has 0 radical (unpaired) electrons. The summed E-state index contributed by atoms with van der Waals surface area (Å²) in [5.74, 6) is 0. The van der Waals surface area contributed by atoms with E-state index in [1.165, 1.54) is 0 Å². The Labute approximate surface area is 82.3 Å². The van der Waals surface area contributed by atoms with Crippen molar-refractivity contribution in [2.75, 3.05) is 0 Å². The largest absolute Gasteiger partial charge is 0.192 e. The molecule has 0 aliphatic rings. The molecule has 1 rings (SSSR count). The van der Waals surface area contributed by atoms with Crippen LogP contribution < -0.4 is 0 Å². The highest BCUT2D eigenvalue weighted by molar-refractivity contribution is 9.10. The topological polar surface area (TPSA) is 23.8 Å². The highest BCUT2D eigenvalue weighted by atomic mass is 79.9. The smallest absolute Gasteiger partial charge is 0.100 e. The van der Waals surface area contributed by atoms with Crippen LogP contribution in [0.1, 0.15) is 11.1 Å². The van der Waals surface area contributed by atoms with Gasteiger partial charge in [0.2, 0.25) is 0 Å². The molecule has 0 atom stereocenters. The Morgan fingerprint density at radius 1 is 1.45 bits per heavy atom. The Bertz CT molecular complexity index is 301. The molecule has 11 heavy (non-hydrogen) atoms. The normalized spacial score (nSPS) is 9.18. The highest BCUT2D eigenvalue weighted by Gasteiger charge is 1.98. The molecule has 0 N–H and O–H groups in total. The van der Waals surface area contributed by atoms with Crippen LogP contribution in [0.4, 0.5) is 0 Å². The second-order valence-corrected chi connectivity index (χ2v) is 3.47. The molecule has 0 aliphatic heterocycles. The average Bonchev–Trinajstić information content (AvgIpc) is 2.04. The summed E-state index contributed by atoms with van der Waals surface area (Å²) < 4.78 is 0.858. The lowest BCUT2D eigenvalue weighted by Crippen LogP contribution is -1.80. The molecule has 0 aliphatic carbocycles. The number of hydrogen-bond donors (Lipinski definition) is 0. The van der Waals surface area contributed by atoms with E-state index in [-0.39, 0.29) is 0 Å². The lowest BCUT2D eigenvalue weighted by molar-refractivity contribution is 1.39. The van der Waals surface area contributed by atoms with Crippen LogP contribution in [-0.2, 0) is 5.33 Å². The van der Waals surface area contributed by atoms with Crippen molar-refractivity contribution < 1.29 is 0 Å². The van der Waals surface area contributed by atoms with Gasteiger partial charge in [0.15, 0.2) is 0 Å². The van der Waals surface area contributed by atoms with Crippen LogP contribution in [0.15, 0.2) is 22.7 Å². The quantitative estimate of drug-likeness (QED) is 0.722. The van der Waals surface area contributed by atoms with E-state index in [2.05, 4.69) is 37.9 Å². The molecule has 0 amide bonds. The van der Waals surface area contributed by atoms with Crippen LogP contribution in [0.5, 0.6) is 0 Å². The lowest BCUT2D eigenvalue weighted by atomic mass is 10.2. The van der Waals surface area contributed by atoms with Gasteiger partial charge >= 0.3 is 0 Å². The summed E-state index contributed by atoms with van der Waals surface area (Å²) in [6.07, 6.45) is 0. The third kappa shape index (κ3) is 2.05. The predicted molar refractivity (Wildman–Crippen MR) is 51.5 cm³/mol. The van der Waals surface area contributed by atoms with E-state index in [1.807, 2.05) is 12.1 Å². The minimum Gasteiger partial charge on any atom is -0.192 e. The average molecular weight is 275 g/mol. The molecular weight excluding hydrogens is 270 g/mol. The number of benzene rings is 1.